The van der Waals surface area contributed by atoms with Crippen molar-refractivity contribution in [2.45, 2.75) is 0 Å². The predicted octanol–water partition coefficient (Wildman–Crippen LogP) is 4.89. The first-order valence-corrected chi connectivity index (χ1v) is 11.2. The van der Waals surface area contributed by atoms with Crippen LogP contribution < -0.4 is 15.0 Å². The van der Waals surface area contributed by atoms with E-state index < -0.39 is 17.8 Å². The molecule has 1 fully saturated rings. The zero-order valence-electron chi connectivity index (χ0n) is 14.7. The molecule has 148 valence electrons. The summed E-state index contributed by atoms with van der Waals surface area (Å²) in [7, 11) is 0. The van der Waals surface area contributed by atoms with Crippen LogP contribution in [0.15, 0.2) is 59.1 Å². The van der Waals surface area contributed by atoms with Gasteiger partial charge in [-0.25, -0.2) is 9.69 Å². The second kappa shape index (κ2) is 9.39. The summed E-state index contributed by atoms with van der Waals surface area (Å²) in [6.45, 7) is 4.01. The van der Waals surface area contributed by atoms with Crippen LogP contribution in [0.5, 0.6) is 5.75 Å². The van der Waals surface area contributed by atoms with Crippen LogP contribution in [-0.2, 0) is 9.59 Å². The summed E-state index contributed by atoms with van der Waals surface area (Å²) in [6.07, 6.45) is 3.12. The van der Waals surface area contributed by atoms with Crippen LogP contribution in [0.3, 0.4) is 0 Å². The summed E-state index contributed by atoms with van der Waals surface area (Å²) < 4.78 is 8.00. The average Bonchev–Trinajstić information content (AvgIpc) is 2.64. The van der Waals surface area contributed by atoms with Crippen LogP contribution >= 0.6 is 61.1 Å². The van der Waals surface area contributed by atoms with Crippen molar-refractivity contribution in [3.05, 3.63) is 71.8 Å². The lowest BCUT2D eigenvalue weighted by atomic mass is 10.1. The second-order valence-electron chi connectivity index (χ2n) is 5.85. The van der Waals surface area contributed by atoms with Gasteiger partial charge in [-0.05, 0) is 87.2 Å². The number of barbiturate groups is 1. The van der Waals surface area contributed by atoms with E-state index >= 15 is 0 Å². The van der Waals surface area contributed by atoms with E-state index in [4.69, 9.17) is 4.74 Å². The normalized spacial score (nSPS) is 15.5. The van der Waals surface area contributed by atoms with Gasteiger partial charge in [0.05, 0.1) is 12.8 Å². The molecule has 0 aliphatic carbocycles. The molecule has 1 heterocycles. The van der Waals surface area contributed by atoms with Crippen LogP contribution in [-0.4, -0.2) is 24.5 Å². The van der Waals surface area contributed by atoms with E-state index in [1.165, 1.54) is 6.08 Å². The number of urea groups is 1. The molecule has 1 aliphatic heterocycles. The third-order valence-electron chi connectivity index (χ3n) is 3.85. The van der Waals surface area contributed by atoms with Crippen molar-refractivity contribution in [3.8, 4) is 5.75 Å². The largest absolute Gasteiger partial charge is 0.487 e. The molecule has 0 atom stereocenters. The van der Waals surface area contributed by atoms with Gasteiger partial charge in [0.15, 0.2) is 0 Å². The lowest BCUT2D eigenvalue weighted by molar-refractivity contribution is -0.122. The molecule has 0 unspecified atom stereocenters. The summed E-state index contributed by atoms with van der Waals surface area (Å²) in [6, 6.07) is 9.54. The molecule has 3 rings (SSSR count). The fourth-order valence-corrected chi connectivity index (χ4v) is 5.13. The summed E-state index contributed by atoms with van der Waals surface area (Å²) in [5.41, 5.74) is 0.875. The number of nitrogens with zero attached hydrogens (tertiary/aromatic N) is 1. The SMILES string of the molecule is C=CCOc1c(I)cc(/C=C2\C(=O)NC(=O)N(c3cccc(Br)c3)C2=O)cc1I. The maximum Gasteiger partial charge on any atom is 0.335 e. The molecule has 1 saturated heterocycles. The average molecular weight is 679 g/mol. The summed E-state index contributed by atoms with van der Waals surface area (Å²) in [5, 5.41) is 2.22. The highest BCUT2D eigenvalue weighted by Crippen LogP contribution is 2.31. The van der Waals surface area contributed by atoms with E-state index in [9.17, 15) is 14.4 Å². The molecule has 4 amide bonds. The standard InChI is InChI=1S/C20H13BrI2N2O4/c1-2-6-29-17-15(22)8-11(9-16(17)23)7-14-18(26)24-20(28)25(19(14)27)13-5-3-4-12(21)10-13/h2-5,7-10H,1,6H2,(H,24,26,28)/b14-7+. The molecule has 1 N–H and O–H groups in total. The lowest BCUT2D eigenvalue weighted by Gasteiger charge is -2.26. The van der Waals surface area contributed by atoms with E-state index in [2.05, 4.69) is 73.0 Å². The van der Waals surface area contributed by atoms with Crippen LogP contribution in [0.25, 0.3) is 6.08 Å². The number of rotatable bonds is 5. The first kappa shape index (κ1) is 22.0. The van der Waals surface area contributed by atoms with Crippen LogP contribution in [0, 0.1) is 7.14 Å². The van der Waals surface area contributed by atoms with E-state index in [1.807, 2.05) is 0 Å². The Morgan fingerprint density at radius 1 is 1.14 bits per heavy atom. The maximum atomic E-state index is 13.0. The minimum Gasteiger partial charge on any atom is -0.487 e. The van der Waals surface area contributed by atoms with Gasteiger partial charge in [-0.1, -0.05) is 34.7 Å². The van der Waals surface area contributed by atoms with Crippen LogP contribution in [0.1, 0.15) is 5.56 Å². The van der Waals surface area contributed by atoms with Gasteiger partial charge in [-0.2, -0.15) is 0 Å². The molecule has 29 heavy (non-hydrogen) atoms. The quantitative estimate of drug-likeness (QED) is 0.212. The zero-order chi connectivity index (χ0) is 21.1. The topological polar surface area (TPSA) is 75.7 Å². The van der Waals surface area contributed by atoms with Gasteiger partial charge in [0.25, 0.3) is 11.8 Å². The van der Waals surface area contributed by atoms with Crippen molar-refractivity contribution in [1.82, 2.24) is 5.32 Å². The Morgan fingerprint density at radius 2 is 1.83 bits per heavy atom. The molecule has 0 aromatic heterocycles. The minimum absolute atomic E-state index is 0.129. The number of ether oxygens (including phenoxy) is 1. The summed E-state index contributed by atoms with van der Waals surface area (Å²) >= 11 is 7.57. The van der Waals surface area contributed by atoms with E-state index in [0.29, 0.717) is 28.1 Å². The first-order chi connectivity index (χ1) is 13.8. The zero-order valence-corrected chi connectivity index (χ0v) is 20.6. The Hall–Kier alpha value is -1.73. The Labute approximate surface area is 202 Å². The van der Waals surface area contributed by atoms with Crippen molar-refractivity contribution in [2.24, 2.45) is 0 Å². The van der Waals surface area contributed by atoms with Gasteiger partial charge in [0.1, 0.15) is 17.9 Å². The van der Waals surface area contributed by atoms with Gasteiger partial charge in [-0.3, -0.25) is 14.9 Å². The summed E-state index contributed by atoms with van der Waals surface area (Å²) in [4.78, 5) is 38.5. The molecule has 2 aromatic rings. The van der Waals surface area contributed by atoms with Crippen molar-refractivity contribution in [2.75, 3.05) is 11.5 Å². The molecule has 0 bridgehead atoms. The highest BCUT2D eigenvalue weighted by molar-refractivity contribution is 14.1. The smallest absolute Gasteiger partial charge is 0.335 e. The summed E-state index contributed by atoms with van der Waals surface area (Å²) in [5.74, 6) is -0.712. The number of anilines is 1. The number of carbonyl (C=O) groups excluding carboxylic acids is 3. The van der Waals surface area contributed by atoms with Gasteiger partial charge < -0.3 is 4.74 Å². The fraction of sp³-hybridized carbons (Fsp3) is 0.0500. The Balaban J connectivity index is 1.99. The number of hydrogen-bond donors (Lipinski definition) is 1. The Bertz CT molecular complexity index is 1050. The van der Waals surface area contributed by atoms with Crippen molar-refractivity contribution in [3.63, 3.8) is 0 Å². The molecule has 0 spiro atoms. The second-order valence-corrected chi connectivity index (χ2v) is 9.09. The van der Waals surface area contributed by atoms with Crippen molar-refractivity contribution < 1.29 is 19.1 Å². The number of imide groups is 2. The lowest BCUT2D eigenvalue weighted by Crippen LogP contribution is -2.54. The number of carbonyl (C=O) groups is 3. The molecular weight excluding hydrogens is 666 g/mol. The van der Waals surface area contributed by atoms with Crippen LogP contribution in [0.4, 0.5) is 10.5 Å². The maximum absolute atomic E-state index is 13.0. The van der Waals surface area contributed by atoms with E-state index in [0.717, 1.165) is 12.0 Å². The molecule has 2 aromatic carbocycles. The Kier molecular flexibility index (Phi) is 7.11. The third kappa shape index (κ3) is 4.89. The number of amides is 4. The fourth-order valence-electron chi connectivity index (χ4n) is 2.62. The van der Waals surface area contributed by atoms with Gasteiger partial charge >= 0.3 is 6.03 Å². The number of hydrogen-bond acceptors (Lipinski definition) is 4. The number of nitrogens with one attached hydrogen (secondary N) is 1. The van der Waals surface area contributed by atoms with Gasteiger partial charge in [-0.15, -0.1) is 0 Å². The molecule has 9 heteroatoms. The monoisotopic (exact) mass is 678 g/mol. The first-order valence-electron chi connectivity index (χ1n) is 8.21. The van der Waals surface area contributed by atoms with E-state index in [-0.39, 0.29) is 5.57 Å². The molecule has 6 nitrogen and oxygen atoms in total. The third-order valence-corrected chi connectivity index (χ3v) is 5.94. The molecule has 0 radical (unpaired) electrons. The van der Waals surface area contributed by atoms with E-state index in [1.54, 1.807) is 42.5 Å². The van der Waals surface area contributed by atoms with Crippen LogP contribution in [0.2, 0.25) is 0 Å². The van der Waals surface area contributed by atoms with Crippen molar-refractivity contribution >= 4 is 90.7 Å². The number of halogens is 3. The van der Waals surface area contributed by atoms with Gasteiger partial charge in [0, 0.05) is 4.47 Å². The molecule has 0 saturated carbocycles. The highest BCUT2D eigenvalue weighted by atomic mass is 127. The number of benzene rings is 2. The Morgan fingerprint density at radius 3 is 2.45 bits per heavy atom. The molecule has 1 aliphatic rings. The van der Waals surface area contributed by atoms with Crippen molar-refractivity contribution in [1.29, 1.82) is 0 Å². The minimum atomic E-state index is -0.785. The van der Waals surface area contributed by atoms with Gasteiger partial charge in [0.2, 0.25) is 0 Å². The highest BCUT2D eigenvalue weighted by Gasteiger charge is 2.36. The predicted molar refractivity (Wildman–Crippen MR) is 131 cm³/mol. The molecular formula is C20H13BrI2N2O4.